The Morgan fingerprint density at radius 1 is 1.14 bits per heavy atom. The van der Waals surface area contributed by atoms with E-state index in [-0.39, 0.29) is 5.91 Å². The lowest BCUT2D eigenvalue weighted by molar-refractivity contribution is 0.0940. The van der Waals surface area contributed by atoms with Crippen molar-refractivity contribution >= 4 is 5.91 Å². The first kappa shape index (κ1) is 20.5. The molecule has 0 saturated carbocycles. The second-order valence-electron chi connectivity index (χ2n) is 7.31. The number of carbonyl (C=O) groups excluding carboxylic acids is 1. The Morgan fingerprint density at radius 2 is 1.90 bits per heavy atom. The van der Waals surface area contributed by atoms with Crippen LogP contribution in [0.1, 0.15) is 41.6 Å². The number of imidazole rings is 1. The molecule has 29 heavy (non-hydrogen) atoms. The summed E-state index contributed by atoms with van der Waals surface area (Å²) in [6.45, 7) is 4.78. The number of nitrogens with one attached hydrogen (secondary N) is 1. The van der Waals surface area contributed by atoms with E-state index in [1.165, 1.54) is 0 Å². The van der Waals surface area contributed by atoms with E-state index in [4.69, 9.17) is 9.47 Å². The van der Waals surface area contributed by atoms with Crippen LogP contribution in [-0.4, -0.2) is 29.2 Å². The molecule has 0 radical (unpaired) electrons. The number of aromatic nitrogens is 2. The van der Waals surface area contributed by atoms with E-state index >= 15 is 0 Å². The molecule has 0 aliphatic heterocycles. The molecule has 0 bridgehead atoms. The first-order valence-electron chi connectivity index (χ1n) is 9.63. The summed E-state index contributed by atoms with van der Waals surface area (Å²) >= 11 is 0. The topological polar surface area (TPSA) is 65.4 Å². The highest BCUT2D eigenvalue weighted by atomic mass is 16.5. The Labute approximate surface area is 171 Å². The number of rotatable bonds is 8. The summed E-state index contributed by atoms with van der Waals surface area (Å²) in [5.74, 6) is 2.41. The molecule has 0 aliphatic rings. The first-order valence-corrected chi connectivity index (χ1v) is 9.63. The quantitative estimate of drug-likeness (QED) is 0.629. The summed E-state index contributed by atoms with van der Waals surface area (Å²) in [5.41, 5.74) is 1.46. The van der Waals surface area contributed by atoms with Crippen LogP contribution in [0.15, 0.2) is 60.9 Å². The lowest BCUT2D eigenvalue weighted by atomic mass is 10.0. The van der Waals surface area contributed by atoms with E-state index in [9.17, 15) is 4.79 Å². The van der Waals surface area contributed by atoms with Crippen molar-refractivity contribution in [3.63, 3.8) is 0 Å². The zero-order chi connectivity index (χ0) is 20.8. The van der Waals surface area contributed by atoms with Crippen LogP contribution in [0.2, 0.25) is 0 Å². The highest BCUT2D eigenvalue weighted by molar-refractivity contribution is 5.95. The predicted molar refractivity (Wildman–Crippen MR) is 112 cm³/mol. The molecule has 1 aromatic heterocycles. The maximum Gasteiger partial charge on any atom is 0.252 e. The van der Waals surface area contributed by atoms with Gasteiger partial charge in [0.2, 0.25) is 0 Å². The minimum Gasteiger partial charge on any atom is -0.497 e. The Morgan fingerprint density at radius 3 is 2.52 bits per heavy atom. The highest BCUT2D eigenvalue weighted by Crippen LogP contribution is 2.24. The van der Waals surface area contributed by atoms with Gasteiger partial charge in [0.05, 0.1) is 13.7 Å². The van der Waals surface area contributed by atoms with Crippen molar-refractivity contribution in [3.05, 3.63) is 77.9 Å². The summed E-state index contributed by atoms with van der Waals surface area (Å²) < 4.78 is 12.9. The predicted octanol–water partition coefficient (Wildman–Crippen LogP) is 3.98. The average Bonchev–Trinajstić information content (AvgIpc) is 3.16. The third kappa shape index (κ3) is 5.16. The van der Waals surface area contributed by atoms with E-state index in [0.29, 0.717) is 23.8 Å². The molecule has 2 aromatic carbocycles. The maximum absolute atomic E-state index is 13.0. The number of carbonyl (C=O) groups is 1. The zero-order valence-corrected chi connectivity index (χ0v) is 17.3. The number of benzene rings is 2. The van der Waals surface area contributed by atoms with E-state index < -0.39 is 6.04 Å². The highest BCUT2D eigenvalue weighted by Gasteiger charge is 2.22. The standard InChI is InChI=1S/C23H27N3O3/c1-16(2)15-29-20-7-5-6-18(14-20)23(27)25-21(22-24-12-13-26(22)3)17-8-10-19(28-4)11-9-17/h5-14,16,21H,15H2,1-4H3,(H,25,27). The summed E-state index contributed by atoms with van der Waals surface area (Å²) in [5, 5.41) is 3.10. The van der Waals surface area contributed by atoms with Crippen molar-refractivity contribution in [2.45, 2.75) is 19.9 Å². The largest absolute Gasteiger partial charge is 0.497 e. The Kier molecular flexibility index (Phi) is 6.54. The van der Waals surface area contributed by atoms with Crippen LogP contribution < -0.4 is 14.8 Å². The molecule has 152 valence electrons. The Balaban J connectivity index is 1.85. The van der Waals surface area contributed by atoms with Gasteiger partial charge in [-0.2, -0.15) is 0 Å². The van der Waals surface area contributed by atoms with Crippen LogP contribution in [-0.2, 0) is 7.05 Å². The summed E-state index contributed by atoms with van der Waals surface area (Å²) in [6, 6.07) is 14.4. The van der Waals surface area contributed by atoms with Crippen molar-refractivity contribution in [1.82, 2.24) is 14.9 Å². The van der Waals surface area contributed by atoms with Crippen LogP contribution in [0, 0.1) is 5.92 Å². The SMILES string of the molecule is COc1ccc(C(NC(=O)c2cccc(OCC(C)C)c2)c2nccn2C)cc1. The number of hydrogen-bond acceptors (Lipinski definition) is 4. The number of methoxy groups -OCH3 is 1. The van der Waals surface area contributed by atoms with E-state index in [1.54, 1.807) is 25.4 Å². The van der Waals surface area contributed by atoms with Crippen LogP contribution >= 0.6 is 0 Å². The number of ether oxygens (including phenoxy) is 2. The molecule has 0 saturated heterocycles. The Bertz CT molecular complexity index is 948. The van der Waals surface area contributed by atoms with Crippen molar-refractivity contribution < 1.29 is 14.3 Å². The molecule has 1 amide bonds. The lowest BCUT2D eigenvalue weighted by Gasteiger charge is -2.20. The molecular formula is C23H27N3O3. The molecule has 1 N–H and O–H groups in total. The number of hydrogen-bond donors (Lipinski definition) is 1. The van der Waals surface area contributed by atoms with Crippen LogP contribution in [0.3, 0.4) is 0 Å². The van der Waals surface area contributed by atoms with Crippen molar-refractivity contribution in [2.24, 2.45) is 13.0 Å². The lowest BCUT2D eigenvalue weighted by Crippen LogP contribution is -2.31. The molecule has 1 atom stereocenters. The smallest absolute Gasteiger partial charge is 0.252 e. The van der Waals surface area contributed by atoms with E-state index in [0.717, 1.165) is 17.1 Å². The van der Waals surface area contributed by atoms with Gasteiger partial charge in [0.1, 0.15) is 23.4 Å². The molecule has 0 aliphatic carbocycles. The van der Waals surface area contributed by atoms with Gasteiger partial charge in [-0.15, -0.1) is 0 Å². The maximum atomic E-state index is 13.0. The second-order valence-corrected chi connectivity index (χ2v) is 7.31. The van der Waals surface area contributed by atoms with Crippen molar-refractivity contribution in [2.75, 3.05) is 13.7 Å². The summed E-state index contributed by atoms with van der Waals surface area (Å²) in [6.07, 6.45) is 3.58. The monoisotopic (exact) mass is 393 g/mol. The summed E-state index contributed by atoms with van der Waals surface area (Å²) in [7, 11) is 3.53. The molecule has 0 fully saturated rings. The van der Waals surface area contributed by atoms with Gasteiger partial charge in [0.25, 0.3) is 5.91 Å². The number of amides is 1. The minimum atomic E-state index is -0.395. The molecule has 3 rings (SSSR count). The number of aryl methyl sites for hydroxylation is 1. The van der Waals surface area contributed by atoms with Crippen molar-refractivity contribution in [3.8, 4) is 11.5 Å². The summed E-state index contributed by atoms with van der Waals surface area (Å²) in [4.78, 5) is 17.5. The van der Waals surface area contributed by atoms with Crippen LogP contribution in [0.5, 0.6) is 11.5 Å². The average molecular weight is 393 g/mol. The molecule has 1 heterocycles. The second kappa shape index (κ2) is 9.28. The fraction of sp³-hybridized carbons (Fsp3) is 0.304. The van der Waals surface area contributed by atoms with Gasteiger partial charge in [0, 0.05) is 25.0 Å². The zero-order valence-electron chi connectivity index (χ0n) is 17.3. The molecule has 1 unspecified atom stereocenters. The van der Waals surface area contributed by atoms with Gasteiger partial charge in [-0.05, 0) is 41.8 Å². The third-order valence-electron chi connectivity index (χ3n) is 4.52. The van der Waals surface area contributed by atoms with E-state index in [1.807, 2.05) is 54.2 Å². The van der Waals surface area contributed by atoms with Gasteiger partial charge in [-0.1, -0.05) is 32.0 Å². The third-order valence-corrected chi connectivity index (χ3v) is 4.52. The normalized spacial score (nSPS) is 11.9. The Hall–Kier alpha value is -3.28. The molecule has 0 spiro atoms. The van der Waals surface area contributed by atoms with Crippen LogP contribution in [0.25, 0.3) is 0 Å². The molecular weight excluding hydrogens is 366 g/mol. The fourth-order valence-corrected chi connectivity index (χ4v) is 2.95. The van der Waals surface area contributed by atoms with Gasteiger partial charge < -0.3 is 19.4 Å². The fourth-order valence-electron chi connectivity index (χ4n) is 2.95. The van der Waals surface area contributed by atoms with Gasteiger partial charge in [-0.3, -0.25) is 4.79 Å². The van der Waals surface area contributed by atoms with Crippen LogP contribution in [0.4, 0.5) is 0 Å². The molecule has 3 aromatic rings. The van der Waals surface area contributed by atoms with Gasteiger partial charge in [-0.25, -0.2) is 4.98 Å². The minimum absolute atomic E-state index is 0.191. The van der Waals surface area contributed by atoms with E-state index in [2.05, 4.69) is 24.1 Å². The van der Waals surface area contributed by atoms with Crippen molar-refractivity contribution in [1.29, 1.82) is 0 Å². The first-order chi connectivity index (χ1) is 14.0. The molecule has 6 heteroatoms. The van der Waals surface area contributed by atoms with Gasteiger partial charge >= 0.3 is 0 Å². The van der Waals surface area contributed by atoms with Gasteiger partial charge in [0.15, 0.2) is 0 Å². The molecule has 6 nitrogen and oxygen atoms in total. The number of nitrogens with zero attached hydrogens (tertiary/aromatic N) is 2.